The van der Waals surface area contributed by atoms with Crippen molar-refractivity contribution in [3.63, 3.8) is 0 Å². The highest BCUT2D eigenvalue weighted by Gasteiger charge is 2.21. The fourth-order valence-electron chi connectivity index (χ4n) is 2.31. The lowest BCUT2D eigenvalue weighted by Crippen LogP contribution is -2.14. The summed E-state index contributed by atoms with van der Waals surface area (Å²) < 4.78 is 13.2. The minimum absolute atomic E-state index is 0.228. The van der Waals surface area contributed by atoms with Gasteiger partial charge in [0, 0.05) is 0 Å². The number of benzene rings is 1. The van der Waals surface area contributed by atoms with Crippen molar-refractivity contribution >= 4 is 0 Å². The molecule has 0 heterocycles. The minimum Gasteiger partial charge on any atom is -0.388 e. The number of aliphatic hydroxyl groups excluding tert-OH is 1. The lowest BCUT2D eigenvalue weighted by Gasteiger charge is -2.24. The van der Waals surface area contributed by atoms with Gasteiger partial charge < -0.3 is 5.11 Å². The van der Waals surface area contributed by atoms with Crippen LogP contribution in [0.25, 0.3) is 0 Å². The number of halogens is 1. The Morgan fingerprint density at radius 2 is 2.12 bits per heavy atom. The van der Waals surface area contributed by atoms with Crippen molar-refractivity contribution in [3.05, 3.63) is 47.3 Å². The summed E-state index contributed by atoms with van der Waals surface area (Å²) in [6.45, 7) is 1.85. The lowest BCUT2D eigenvalue weighted by molar-refractivity contribution is 0.102. The number of rotatable bonds is 2. The molecule has 2 heteroatoms. The van der Waals surface area contributed by atoms with E-state index in [1.165, 1.54) is 12.1 Å². The number of hydrogen-bond acceptors (Lipinski definition) is 1. The molecule has 1 aromatic rings. The molecule has 1 nitrogen and oxygen atoms in total. The highest BCUT2D eigenvalue weighted by atomic mass is 19.1. The largest absolute Gasteiger partial charge is 0.388 e. The van der Waals surface area contributed by atoms with E-state index in [-0.39, 0.29) is 11.7 Å². The van der Waals surface area contributed by atoms with Gasteiger partial charge in [-0.15, -0.1) is 0 Å². The normalized spacial score (nSPS) is 22.1. The van der Waals surface area contributed by atoms with Crippen LogP contribution in [0.2, 0.25) is 0 Å². The van der Waals surface area contributed by atoms with E-state index in [4.69, 9.17) is 0 Å². The van der Waals surface area contributed by atoms with Gasteiger partial charge in [-0.05, 0) is 55.4 Å². The molecule has 1 N–H and O–H groups in total. The van der Waals surface area contributed by atoms with E-state index in [1.807, 2.05) is 13.0 Å². The quantitative estimate of drug-likeness (QED) is 0.756. The van der Waals surface area contributed by atoms with Crippen molar-refractivity contribution < 1.29 is 9.50 Å². The van der Waals surface area contributed by atoms with Crippen molar-refractivity contribution in [2.75, 3.05) is 0 Å². The van der Waals surface area contributed by atoms with E-state index >= 15 is 0 Å². The molecule has 0 amide bonds. The van der Waals surface area contributed by atoms with E-state index in [0.717, 1.165) is 24.8 Å². The van der Waals surface area contributed by atoms with Crippen LogP contribution in [0.4, 0.5) is 4.39 Å². The van der Waals surface area contributed by atoms with Crippen molar-refractivity contribution in [1.82, 2.24) is 0 Å². The molecule has 86 valence electrons. The van der Waals surface area contributed by atoms with Gasteiger partial charge in [-0.3, -0.25) is 0 Å². The van der Waals surface area contributed by atoms with E-state index in [9.17, 15) is 9.50 Å². The third-order valence-electron chi connectivity index (χ3n) is 3.16. The summed E-state index contributed by atoms with van der Waals surface area (Å²) in [5, 5.41) is 10.2. The molecule has 2 atom stereocenters. The predicted molar refractivity (Wildman–Crippen MR) is 62.6 cm³/mol. The van der Waals surface area contributed by atoms with Crippen LogP contribution in [0, 0.1) is 18.7 Å². The Labute approximate surface area is 95.6 Å². The Morgan fingerprint density at radius 1 is 1.31 bits per heavy atom. The fourth-order valence-corrected chi connectivity index (χ4v) is 2.31. The number of allylic oxidation sites excluding steroid dienone is 2. The Balaban J connectivity index is 2.19. The third-order valence-corrected chi connectivity index (χ3v) is 3.16. The lowest BCUT2D eigenvalue weighted by atomic mass is 9.86. The van der Waals surface area contributed by atoms with Gasteiger partial charge in [0.05, 0.1) is 6.10 Å². The number of aryl methyl sites for hydroxylation is 1. The third kappa shape index (κ3) is 2.50. The van der Waals surface area contributed by atoms with Crippen LogP contribution < -0.4 is 0 Å². The molecule has 0 spiro atoms. The van der Waals surface area contributed by atoms with Gasteiger partial charge in [-0.1, -0.05) is 18.2 Å². The van der Waals surface area contributed by atoms with Crippen molar-refractivity contribution in [2.45, 2.75) is 32.3 Å². The Morgan fingerprint density at radius 3 is 2.75 bits per heavy atom. The first-order valence-electron chi connectivity index (χ1n) is 5.77. The van der Waals surface area contributed by atoms with E-state index < -0.39 is 6.10 Å². The van der Waals surface area contributed by atoms with Crippen LogP contribution in [0.3, 0.4) is 0 Å². The molecule has 2 rings (SSSR count). The first-order valence-corrected chi connectivity index (χ1v) is 5.77. The summed E-state index contributed by atoms with van der Waals surface area (Å²) in [5.41, 5.74) is 1.57. The standard InChI is InChI=1S/C14H17FO/c1-10-7-12(9-13(15)8-10)14(16)11-5-3-2-4-6-11/h2-3,7-9,11,14,16H,4-6H2,1H3. The molecule has 0 fully saturated rings. The van der Waals surface area contributed by atoms with Gasteiger partial charge in [0.1, 0.15) is 5.82 Å². The molecule has 2 unspecified atom stereocenters. The van der Waals surface area contributed by atoms with Gasteiger partial charge in [0.25, 0.3) is 0 Å². The maximum Gasteiger partial charge on any atom is 0.123 e. The Bertz CT molecular complexity index is 377. The predicted octanol–water partition coefficient (Wildman–Crippen LogP) is 3.52. The molecular weight excluding hydrogens is 203 g/mol. The van der Waals surface area contributed by atoms with Gasteiger partial charge in [0.15, 0.2) is 0 Å². The molecule has 0 bridgehead atoms. The molecule has 1 aliphatic carbocycles. The van der Waals surface area contributed by atoms with Crippen molar-refractivity contribution in [1.29, 1.82) is 0 Å². The zero-order valence-corrected chi connectivity index (χ0v) is 9.49. The van der Waals surface area contributed by atoms with E-state index in [1.54, 1.807) is 0 Å². The van der Waals surface area contributed by atoms with Crippen molar-refractivity contribution in [2.24, 2.45) is 5.92 Å². The molecule has 0 saturated carbocycles. The monoisotopic (exact) mass is 220 g/mol. The van der Waals surface area contributed by atoms with Gasteiger partial charge >= 0.3 is 0 Å². The molecule has 0 aromatic heterocycles. The maximum atomic E-state index is 13.2. The van der Waals surface area contributed by atoms with Crippen LogP contribution in [0.15, 0.2) is 30.4 Å². The summed E-state index contributed by atoms with van der Waals surface area (Å²) in [6, 6.07) is 4.79. The zero-order valence-electron chi connectivity index (χ0n) is 9.49. The molecule has 16 heavy (non-hydrogen) atoms. The summed E-state index contributed by atoms with van der Waals surface area (Å²) >= 11 is 0. The fraction of sp³-hybridized carbons (Fsp3) is 0.429. The molecule has 0 saturated heterocycles. The zero-order chi connectivity index (χ0) is 11.5. The maximum absolute atomic E-state index is 13.2. The first kappa shape index (κ1) is 11.3. The summed E-state index contributed by atoms with van der Waals surface area (Å²) in [5.74, 6) is -0.0356. The van der Waals surface area contributed by atoms with E-state index in [2.05, 4.69) is 12.2 Å². The highest BCUT2D eigenvalue weighted by Crippen LogP contribution is 2.32. The summed E-state index contributed by atoms with van der Waals surface area (Å²) in [7, 11) is 0. The Kier molecular flexibility index (Phi) is 3.39. The van der Waals surface area contributed by atoms with Crippen LogP contribution in [-0.2, 0) is 0 Å². The molecule has 0 aliphatic heterocycles. The van der Waals surface area contributed by atoms with Gasteiger partial charge in [0.2, 0.25) is 0 Å². The SMILES string of the molecule is Cc1cc(F)cc(C(O)C2CC=CCC2)c1. The number of hydrogen-bond donors (Lipinski definition) is 1. The first-order chi connectivity index (χ1) is 7.66. The second-order valence-electron chi connectivity index (χ2n) is 4.55. The number of aliphatic hydroxyl groups is 1. The second kappa shape index (κ2) is 4.79. The van der Waals surface area contributed by atoms with Crippen LogP contribution in [0.5, 0.6) is 0 Å². The average molecular weight is 220 g/mol. The average Bonchev–Trinajstić information content (AvgIpc) is 2.28. The Hall–Kier alpha value is -1.15. The van der Waals surface area contributed by atoms with Crippen molar-refractivity contribution in [3.8, 4) is 0 Å². The van der Waals surface area contributed by atoms with E-state index in [0.29, 0.717) is 5.56 Å². The van der Waals surface area contributed by atoms with Crippen LogP contribution in [-0.4, -0.2) is 5.11 Å². The highest BCUT2D eigenvalue weighted by molar-refractivity contribution is 5.26. The molecule has 1 aromatic carbocycles. The topological polar surface area (TPSA) is 20.2 Å². The molecule has 0 radical (unpaired) electrons. The molecule has 1 aliphatic rings. The minimum atomic E-state index is -0.542. The smallest absolute Gasteiger partial charge is 0.123 e. The van der Waals surface area contributed by atoms with Crippen LogP contribution in [0.1, 0.15) is 36.5 Å². The van der Waals surface area contributed by atoms with Gasteiger partial charge in [-0.2, -0.15) is 0 Å². The van der Waals surface area contributed by atoms with Crippen LogP contribution >= 0.6 is 0 Å². The second-order valence-corrected chi connectivity index (χ2v) is 4.55. The summed E-state index contributed by atoms with van der Waals surface area (Å²) in [4.78, 5) is 0. The molecular formula is C14H17FO. The van der Waals surface area contributed by atoms with Gasteiger partial charge in [-0.25, -0.2) is 4.39 Å². The summed E-state index contributed by atoms with van der Waals surface area (Å²) in [6.07, 6.45) is 6.57.